The molecule has 3 heterocycles. The molecule has 3 N–H and O–H groups in total. The Labute approximate surface area is 123 Å². The van der Waals surface area contributed by atoms with E-state index in [1.54, 1.807) is 6.20 Å². The first-order chi connectivity index (χ1) is 9.58. The SMILES string of the molecule is Nc1nccc2c1c(Br)nn2C1CCCN(C(=O)O)C1. The van der Waals surface area contributed by atoms with Crippen LogP contribution in [0.3, 0.4) is 0 Å². The van der Waals surface area contributed by atoms with Crippen LogP contribution in [0.15, 0.2) is 16.9 Å². The minimum Gasteiger partial charge on any atom is -0.465 e. The molecule has 2 aromatic heterocycles. The summed E-state index contributed by atoms with van der Waals surface area (Å²) in [5.41, 5.74) is 6.75. The second-order valence-corrected chi connectivity index (χ2v) is 5.60. The summed E-state index contributed by atoms with van der Waals surface area (Å²) in [5.74, 6) is 0.423. The van der Waals surface area contributed by atoms with E-state index in [9.17, 15) is 4.79 Å². The number of aromatic nitrogens is 3. The van der Waals surface area contributed by atoms with Crippen LogP contribution >= 0.6 is 15.9 Å². The molecular weight excluding hydrogens is 326 g/mol. The Morgan fingerprint density at radius 1 is 1.55 bits per heavy atom. The standard InChI is InChI=1S/C12H14BrN5O2/c13-10-9-8(3-4-15-11(9)14)18(16-10)7-2-1-5-17(6-7)12(19)20/h3-4,7H,1-2,5-6H2,(H2,14,15)(H,19,20). The first kappa shape index (κ1) is 13.2. The molecule has 0 aromatic carbocycles. The number of rotatable bonds is 1. The van der Waals surface area contributed by atoms with Crippen LogP contribution in [0.5, 0.6) is 0 Å². The van der Waals surface area contributed by atoms with Gasteiger partial charge in [-0.3, -0.25) is 4.68 Å². The molecule has 1 unspecified atom stereocenters. The van der Waals surface area contributed by atoms with Gasteiger partial charge in [-0.15, -0.1) is 0 Å². The molecule has 8 heteroatoms. The van der Waals surface area contributed by atoms with Gasteiger partial charge in [-0.1, -0.05) is 0 Å². The van der Waals surface area contributed by atoms with Gasteiger partial charge in [0.25, 0.3) is 0 Å². The van der Waals surface area contributed by atoms with E-state index in [4.69, 9.17) is 10.8 Å². The molecule has 0 radical (unpaired) electrons. The van der Waals surface area contributed by atoms with Gasteiger partial charge < -0.3 is 15.7 Å². The number of nitrogens with two attached hydrogens (primary N) is 1. The first-order valence-corrected chi connectivity index (χ1v) is 7.13. The van der Waals surface area contributed by atoms with Crippen LogP contribution in [-0.4, -0.2) is 44.0 Å². The Morgan fingerprint density at radius 3 is 3.10 bits per heavy atom. The summed E-state index contributed by atoms with van der Waals surface area (Å²) in [7, 11) is 0. The number of hydrogen-bond acceptors (Lipinski definition) is 4. The van der Waals surface area contributed by atoms with E-state index in [2.05, 4.69) is 26.0 Å². The monoisotopic (exact) mass is 339 g/mol. The van der Waals surface area contributed by atoms with Crippen molar-refractivity contribution in [2.75, 3.05) is 18.8 Å². The van der Waals surface area contributed by atoms with E-state index in [1.165, 1.54) is 4.90 Å². The highest BCUT2D eigenvalue weighted by Gasteiger charge is 2.27. The van der Waals surface area contributed by atoms with E-state index in [-0.39, 0.29) is 6.04 Å². The number of anilines is 1. The van der Waals surface area contributed by atoms with Gasteiger partial charge in [-0.25, -0.2) is 9.78 Å². The lowest BCUT2D eigenvalue weighted by molar-refractivity contribution is 0.120. The lowest BCUT2D eigenvalue weighted by atomic mass is 10.1. The van der Waals surface area contributed by atoms with Gasteiger partial charge in [0.15, 0.2) is 0 Å². The van der Waals surface area contributed by atoms with Crippen LogP contribution in [-0.2, 0) is 0 Å². The Hall–Kier alpha value is -1.83. The Balaban J connectivity index is 2.02. The average molecular weight is 340 g/mol. The molecule has 1 aliphatic heterocycles. The van der Waals surface area contributed by atoms with Crippen LogP contribution in [0.25, 0.3) is 10.9 Å². The molecule has 0 spiro atoms. The number of pyridine rings is 1. The Morgan fingerprint density at radius 2 is 2.35 bits per heavy atom. The van der Waals surface area contributed by atoms with Crippen LogP contribution in [0.1, 0.15) is 18.9 Å². The third-order valence-electron chi connectivity index (χ3n) is 3.62. The van der Waals surface area contributed by atoms with Crippen molar-refractivity contribution in [2.24, 2.45) is 0 Å². The smallest absolute Gasteiger partial charge is 0.407 e. The fourth-order valence-electron chi connectivity index (χ4n) is 2.67. The van der Waals surface area contributed by atoms with Gasteiger partial charge in [0.1, 0.15) is 10.4 Å². The third kappa shape index (κ3) is 2.09. The minimum atomic E-state index is -0.883. The summed E-state index contributed by atoms with van der Waals surface area (Å²) < 4.78 is 2.50. The van der Waals surface area contributed by atoms with E-state index in [0.29, 0.717) is 23.5 Å². The molecule has 2 aromatic rings. The van der Waals surface area contributed by atoms with Crippen molar-refractivity contribution in [1.29, 1.82) is 0 Å². The largest absolute Gasteiger partial charge is 0.465 e. The maximum Gasteiger partial charge on any atom is 0.407 e. The second-order valence-electron chi connectivity index (χ2n) is 4.85. The van der Waals surface area contributed by atoms with E-state index in [1.807, 2.05) is 10.7 Å². The predicted molar refractivity (Wildman–Crippen MR) is 77.5 cm³/mol. The molecular formula is C12H14BrN5O2. The van der Waals surface area contributed by atoms with E-state index >= 15 is 0 Å². The van der Waals surface area contributed by atoms with Gasteiger partial charge >= 0.3 is 6.09 Å². The Bertz CT molecular complexity index is 671. The summed E-state index contributed by atoms with van der Waals surface area (Å²) in [6.45, 7) is 1.02. The van der Waals surface area contributed by atoms with Crippen molar-refractivity contribution in [1.82, 2.24) is 19.7 Å². The van der Waals surface area contributed by atoms with Crippen molar-refractivity contribution >= 4 is 38.7 Å². The van der Waals surface area contributed by atoms with Crippen LogP contribution in [0.4, 0.5) is 10.6 Å². The molecule has 1 aliphatic rings. The van der Waals surface area contributed by atoms with Gasteiger partial charge in [0.2, 0.25) is 0 Å². The normalized spacial score (nSPS) is 19.4. The molecule has 0 bridgehead atoms. The highest BCUT2D eigenvalue weighted by molar-refractivity contribution is 9.10. The maximum atomic E-state index is 11.1. The summed E-state index contributed by atoms with van der Waals surface area (Å²) in [5, 5.41) is 14.4. The fraction of sp³-hybridized carbons (Fsp3) is 0.417. The van der Waals surface area contributed by atoms with E-state index in [0.717, 1.165) is 23.7 Å². The molecule has 1 atom stereocenters. The summed E-state index contributed by atoms with van der Waals surface area (Å²) >= 11 is 3.40. The molecule has 1 amide bonds. The fourth-order valence-corrected chi connectivity index (χ4v) is 3.25. The van der Waals surface area contributed by atoms with Crippen molar-refractivity contribution < 1.29 is 9.90 Å². The topological polar surface area (TPSA) is 97.3 Å². The lowest BCUT2D eigenvalue weighted by Gasteiger charge is -2.31. The molecule has 3 rings (SSSR count). The van der Waals surface area contributed by atoms with Crippen LogP contribution in [0.2, 0.25) is 0 Å². The number of amides is 1. The zero-order chi connectivity index (χ0) is 14.3. The number of nitrogens with zero attached hydrogens (tertiary/aromatic N) is 4. The lowest BCUT2D eigenvalue weighted by Crippen LogP contribution is -2.40. The van der Waals surface area contributed by atoms with Crippen LogP contribution in [0, 0.1) is 0 Å². The van der Waals surface area contributed by atoms with Crippen molar-refractivity contribution in [2.45, 2.75) is 18.9 Å². The molecule has 20 heavy (non-hydrogen) atoms. The van der Waals surface area contributed by atoms with Crippen molar-refractivity contribution in [3.05, 3.63) is 16.9 Å². The summed E-state index contributed by atoms with van der Waals surface area (Å²) in [6, 6.07) is 1.87. The summed E-state index contributed by atoms with van der Waals surface area (Å²) in [4.78, 5) is 16.6. The van der Waals surface area contributed by atoms with Crippen LogP contribution < -0.4 is 5.73 Å². The van der Waals surface area contributed by atoms with Gasteiger partial charge in [-0.05, 0) is 34.8 Å². The number of carboxylic acid groups (broad SMARTS) is 1. The average Bonchev–Trinajstić information content (AvgIpc) is 2.78. The molecule has 1 fully saturated rings. The zero-order valence-corrected chi connectivity index (χ0v) is 12.2. The number of carbonyl (C=O) groups is 1. The number of nitrogen functional groups attached to an aromatic ring is 1. The second kappa shape index (κ2) is 4.93. The maximum absolute atomic E-state index is 11.1. The molecule has 0 saturated carbocycles. The van der Waals surface area contributed by atoms with Crippen molar-refractivity contribution in [3.63, 3.8) is 0 Å². The number of hydrogen-bond donors (Lipinski definition) is 2. The number of likely N-dealkylation sites (tertiary alicyclic amines) is 1. The summed E-state index contributed by atoms with van der Waals surface area (Å²) in [6.07, 6.45) is 2.48. The Kier molecular flexibility index (Phi) is 3.25. The quantitative estimate of drug-likeness (QED) is 0.828. The van der Waals surface area contributed by atoms with Crippen molar-refractivity contribution in [3.8, 4) is 0 Å². The molecule has 1 saturated heterocycles. The number of piperidine rings is 1. The molecule has 106 valence electrons. The molecule has 0 aliphatic carbocycles. The van der Waals surface area contributed by atoms with E-state index < -0.39 is 6.09 Å². The van der Waals surface area contributed by atoms with Gasteiger partial charge in [-0.2, -0.15) is 5.10 Å². The highest BCUT2D eigenvalue weighted by atomic mass is 79.9. The number of fused-ring (bicyclic) bond motifs is 1. The molecule has 7 nitrogen and oxygen atoms in total. The predicted octanol–water partition coefficient (Wildman–Crippen LogP) is 2.09. The van der Waals surface area contributed by atoms with Gasteiger partial charge in [0.05, 0.1) is 16.9 Å². The third-order valence-corrected chi connectivity index (χ3v) is 4.17. The number of halogens is 1. The minimum absolute atomic E-state index is 0.0236. The zero-order valence-electron chi connectivity index (χ0n) is 10.7. The van der Waals surface area contributed by atoms with Gasteiger partial charge in [0, 0.05) is 19.3 Å². The highest BCUT2D eigenvalue weighted by Crippen LogP contribution is 2.31. The first-order valence-electron chi connectivity index (χ1n) is 6.34.